The predicted molar refractivity (Wildman–Crippen MR) is 135 cm³/mol. The summed E-state index contributed by atoms with van der Waals surface area (Å²) >= 11 is 3.51. The first kappa shape index (κ1) is 25.9. The Morgan fingerprint density at radius 3 is 2.62 bits per heavy atom. The van der Waals surface area contributed by atoms with E-state index < -0.39 is 0 Å². The lowest BCUT2D eigenvalue weighted by Crippen LogP contribution is -2.46. The zero-order chi connectivity index (χ0) is 21.8. The van der Waals surface area contributed by atoms with Crippen molar-refractivity contribution in [2.45, 2.75) is 63.0 Å². The Morgan fingerprint density at radius 1 is 1.31 bits per heavy atom. The van der Waals surface area contributed by atoms with Gasteiger partial charge in [-0.2, -0.15) is 0 Å². The fourth-order valence-corrected chi connectivity index (χ4v) is 5.41. The Kier molecular flexibility index (Phi) is 12.5. The summed E-state index contributed by atoms with van der Waals surface area (Å²) in [5.74, 6) is 0. The smallest absolute Gasteiger partial charge is 0.0984 e. The fourth-order valence-electron chi connectivity index (χ4n) is 3.06. The third-order valence-electron chi connectivity index (χ3n) is 4.84. The lowest BCUT2D eigenvalue weighted by atomic mass is 9.89. The molecule has 0 saturated heterocycles. The van der Waals surface area contributed by atoms with Crippen molar-refractivity contribution in [3.8, 4) is 0 Å². The third-order valence-corrected chi connectivity index (χ3v) is 7.36. The third kappa shape index (κ3) is 9.06. The van der Waals surface area contributed by atoms with E-state index in [-0.39, 0.29) is 5.25 Å². The van der Waals surface area contributed by atoms with Gasteiger partial charge < -0.3 is 15.1 Å². The normalized spacial score (nSPS) is 22.1. The number of allylic oxidation sites excluding steroid dienone is 2. The van der Waals surface area contributed by atoms with E-state index in [1.165, 1.54) is 24.0 Å². The molecule has 1 aliphatic rings. The van der Waals surface area contributed by atoms with Crippen LogP contribution in [0.2, 0.25) is 0 Å². The van der Waals surface area contributed by atoms with Gasteiger partial charge in [0.1, 0.15) is 0 Å². The standard InChI is InChI=1S/C23H40N4S2/c1-9-12-13-24-21-15-20(18(4)11-3)16-22(29-25-17-26(6)7)23(21)28-19(5)27(8)14-10-2/h10,14,16-17,21-24H,4-5,9,11-13,15H2,1-3,6-8H3/b14-10-,25-17?. The number of hydrogen-bond donors (Lipinski definition) is 1. The van der Waals surface area contributed by atoms with Crippen molar-refractivity contribution in [1.29, 1.82) is 0 Å². The van der Waals surface area contributed by atoms with E-state index in [2.05, 4.69) is 60.9 Å². The van der Waals surface area contributed by atoms with E-state index in [1.807, 2.05) is 50.1 Å². The van der Waals surface area contributed by atoms with Gasteiger partial charge in [-0.15, -0.1) is 11.8 Å². The molecular weight excluding hydrogens is 396 g/mol. The molecule has 3 atom stereocenters. The highest BCUT2D eigenvalue weighted by atomic mass is 32.2. The lowest BCUT2D eigenvalue weighted by Gasteiger charge is -2.38. The van der Waals surface area contributed by atoms with Gasteiger partial charge >= 0.3 is 0 Å². The quantitative estimate of drug-likeness (QED) is 0.174. The van der Waals surface area contributed by atoms with Gasteiger partial charge in [-0.3, -0.25) is 0 Å². The maximum absolute atomic E-state index is 4.63. The van der Waals surface area contributed by atoms with Crippen LogP contribution in [0.3, 0.4) is 0 Å². The SMILES string of the molecule is C=C(CC)C1=CC(SN=CN(C)C)C(SC(=C)N(C)/C=C\C)C(NCCCC)C1. The highest BCUT2D eigenvalue weighted by Crippen LogP contribution is 2.40. The summed E-state index contributed by atoms with van der Waals surface area (Å²) in [5.41, 5.74) is 2.62. The van der Waals surface area contributed by atoms with E-state index in [0.717, 1.165) is 24.4 Å². The molecule has 1 aliphatic carbocycles. The molecule has 0 aromatic rings. The Balaban J connectivity index is 3.15. The summed E-state index contributed by atoms with van der Waals surface area (Å²) in [5, 5.41) is 5.50. The Labute approximate surface area is 187 Å². The Bertz CT molecular complexity index is 610. The molecule has 0 heterocycles. The molecule has 0 fully saturated rings. The number of unbranched alkanes of at least 4 members (excludes halogenated alkanes) is 1. The lowest BCUT2D eigenvalue weighted by molar-refractivity contribution is 0.472. The van der Waals surface area contributed by atoms with Crippen LogP contribution in [0.4, 0.5) is 0 Å². The number of nitrogens with zero attached hydrogens (tertiary/aromatic N) is 3. The summed E-state index contributed by atoms with van der Waals surface area (Å²) in [7, 11) is 6.06. The zero-order valence-corrected chi connectivity index (χ0v) is 20.8. The minimum Gasteiger partial charge on any atom is -0.368 e. The van der Waals surface area contributed by atoms with E-state index in [0.29, 0.717) is 11.3 Å². The van der Waals surface area contributed by atoms with Crippen LogP contribution in [0.1, 0.15) is 46.5 Å². The van der Waals surface area contributed by atoms with Crippen molar-refractivity contribution in [2.75, 3.05) is 27.7 Å². The molecule has 1 rings (SSSR count). The van der Waals surface area contributed by atoms with Gasteiger partial charge in [0.05, 0.1) is 16.6 Å². The summed E-state index contributed by atoms with van der Waals surface area (Å²) in [4.78, 5) is 4.08. The Morgan fingerprint density at radius 2 is 2.03 bits per heavy atom. The van der Waals surface area contributed by atoms with Crippen LogP contribution in [-0.2, 0) is 0 Å². The molecule has 1 N–H and O–H groups in total. The van der Waals surface area contributed by atoms with Crippen molar-refractivity contribution in [3.63, 3.8) is 0 Å². The first-order valence-electron chi connectivity index (χ1n) is 10.5. The molecule has 4 nitrogen and oxygen atoms in total. The summed E-state index contributed by atoms with van der Waals surface area (Å²) in [6, 6.07) is 0.373. The van der Waals surface area contributed by atoms with Crippen LogP contribution >= 0.6 is 23.7 Å². The van der Waals surface area contributed by atoms with Gasteiger partial charge in [0.2, 0.25) is 0 Å². The summed E-state index contributed by atoms with van der Waals surface area (Å²) < 4.78 is 4.63. The molecule has 0 aromatic carbocycles. The van der Waals surface area contributed by atoms with Crippen molar-refractivity contribution in [2.24, 2.45) is 4.40 Å². The summed E-state index contributed by atoms with van der Waals surface area (Å²) in [6.07, 6.45) is 12.8. The number of rotatable bonds is 13. The topological polar surface area (TPSA) is 30.9 Å². The molecule has 0 bridgehead atoms. The van der Waals surface area contributed by atoms with Crippen LogP contribution in [0.15, 0.2) is 52.1 Å². The minimum atomic E-state index is 0.262. The Hall–Kier alpha value is -1.11. The minimum absolute atomic E-state index is 0.262. The van der Waals surface area contributed by atoms with Crippen molar-refractivity contribution < 1.29 is 0 Å². The first-order valence-corrected chi connectivity index (χ1v) is 12.2. The highest BCUT2D eigenvalue weighted by Gasteiger charge is 2.35. The van der Waals surface area contributed by atoms with Crippen LogP contribution in [-0.4, -0.2) is 60.4 Å². The van der Waals surface area contributed by atoms with Gasteiger partial charge in [-0.25, -0.2) is 4.40 Å². The second-order valence-corrected chi connectivity index (χ2v) is 9.81. The average molecular weight is 437 g/mol. The largest absolute Gasteiger partial charge is 0.368 e. The number of nitrogens with one attached hydrogen (secondary N) is 1. The van der Waals surface area contributed by atoms with Crippen LogP contribution in [0.25, 0.3) is 0 Å². The molecule has 3 unspecified atom stereocenters. The molecule has 164 valence electrons. The molecule has 0 spiro atoms. The molecule has 0 amide bonds. The molecule has 0 aliphatic heterocycles. The fraction of sp³-hybridized carbons (Fsp3) is 0.609. The predicted octanol–water partition coefficient (Wildman–Crippen LogP) is 5.69. The van der Waals surface area contributed by atoms with Crippen molar-refractivity contribution in [1.82, 2.24) is 15.1 Å². The first-order chi connectivity index (χ1) is 13.8. The highest BCUT2D eigenvalue weighted by molar-refractivity contribution is 8.05. The molecule has 6 heteroatoms. The second-order valence-electron chi connectivity index (χ2n) is 7.59. The van der Waals surface area contributed by atoms with Crippen molar-refractivity contribution >= 4 is 30.0 Å². The van der Waals surface area contributed by atoms with Crippen LogP contribution < -0.4 is 5.32 Å². The number of hydrogen-bond acceptors (Lipinski definition) is 5. The molecule has 0 radical (unpaired) electrons. The number of thioether (sulfide) groups is 1. The summed E-state index contributed by atoms with van der Waals surface area (Å²) in [6.45, 7) is 16.1. The van der Waals surface area contributed by atoms with Gasteiger partial charge in [-0.1, -0.05) is 51.2 Å². The van der Waals surface area contributed by atoms with Crippen LogP contribution in [0, 0.1) is 0 Å². The van der Waals surface area contributed by atoms with E-state index in [1.54, 1.807) is 11.9 Å². The van der Waals surface area contributed by atoms with Crippen LogP contribution in [0.5, 0.6) is 0 Å². The average Bonchev–Trinajstić information content (AvgIpc) is 2.68. The maximum Gasteiger partial charge on any atom is 0.0984 e. The maximum atomic E-state index is 4.63. The van der Waals surface area contributed by atoms with E-state index in [4.69, 9.17) is 0 Å². The molecule has 0 aromatic heterocycles. The zero-order valence-electron chi connectivity index (χ0n) is 19.1. The van der Waals surface area contributed by atoms with Crippen molar-refractivity contribution in [3.05, 3.63) is 47.7 Å². The molecule has 0 saturated carbocycles. The monoisotopic (exact) mass is 436 g/mol. The second kappa shape index (κ2) is 14.0. The van der Waals surface area contributed by atoms with E-state index in [9.17, 15) is 0 Å². The molecule has 29 heavy (non-hydrogen) atoms. The van der Waals surface area contributed by atoms with Gasteiger partial charge in [0, 0.05) is 32.4 Å². The van der Waals surface area contributed by atoms with E-state index >= 15 is 0 Å². The molecular formula is C23H40N4S2. The van der Waals surface area contributed by atoms with Gasteiger partial charge in [-0.05, 0) is 56.5 Å². The van der Waals surface area contributed by atoms with Gasteiger partial charge in [0.25, 0.3) is 0 Å². The van der Waals surface area contributed by atoms with Gasteiger partial charge in [0.15, 0.2) is 0 Å².